The van der Waals surface area contributed by atoms with Crippen LogP contribution >= 0.6 is 11.6 Å². The quantitative estimate of drug-likeness (QED) is 0.388. The average molecular weight is 404 g/mol. The van der Waals surface area contributed by atoms with Gasteiger partial charge in [-0.3, -0.25) is 0 Å². The third-order valence-corrected chi connectivity index (χ3v) is 4.86. The Kier molecular flexibility index (Phi) is 5.45. The first kappa shape index (κ1) is 19.0. The number of esters is 1. The molecule has 0 N–H and O–H groups in total. The van der Waals surface area contributed by atoms with E-state index >= 15 is 0 Å². The Morgan fingerprint density at radius 3 is 2.52 bits per heavy atom. The van der Waals surface area contributed by atoms with Crippen molar-refractivity contribution in [1.29, 1.82) is 0 Å². The van der Waals surface area contributed by atoms with E-state index in [1.54, 1.807) is 6.20 Å². The molecule has 0 aliphatic carbocycles. The molecule has 0 radical (unpaired) electrons. The number of hydrogen-bond acceptors (Lipinski definition) is 4. The van der Waals surface area contributed by atoms with Crippen LogP contribution in [0.15, 0.2) is 79.0 Å². The van der Waals surface area contributed by atoms with Crippen molar-refractivity contribution in [1.82, 2.24) is 4.98 Å². The number of methoxy groups -OCH3 is 1. The van der Waals surface area contributed by atoms with Crippen LogP contribution in [0, 0.1) is 0 Å². The topological polar surface area (TPSA) is 48.4 Å². The number of hydrogen-bond donors (Lipinski definition) is 0. The zero-order valence-electron chi connectivity index (χ0n) is 15.8. The fraction of sp³-hybridized carbons (Fsp3) is 0.0833. The van der Waals surface area contributed by atoms with Gasteiger partial charge in [-0.25, -0.2) is 9.78 Å². The Balaban J connectivity index is 1.86. The number of aromatic nitrogens is 1. The van der Waals surface area contributed by atoms with Crippen LogP contribution < -0.4 is 4.74 Å². The van der Waals surface area contributed by atoms with Crippen molar-refractivity contribution in [2.45, 2.75) is 6.61 Å². The highest BCUT2D eigenvalue weighted by Gasteiger charge is 2.20. The second kappa shape index (κ2) is 8.33. The maximum Gasteiger partial charge on any atom is 0.360 e. The first-order valence-corrected chi connectivity index (χ1v) is 9.48. The molecule has 0 fully saturated rings. The summed E-state index contributed by atoms with van der Waals surface area (Å²) >= 11 is 6.18. The Labute approximate surface area is 173 Å². The molecular formula is C24H18ClNO3. The standard InChI is InChI=1S/C24H18ClNO3/c1-28-24(27)22-23(29-15-16-7-3-2-4-8-16)20-12-6-11-19(21(20)14-26-22)17-9-5-10-18(25)13-17/h2-14H,15H2,1H3. The number of pyridine rings is 1. The van der Waals surface area contributed by atoms with Crippen LogP contribution in [0.4, 0.5) is 0 Å². The lowest BCUT2D eigenvalue weighted by Crippen LogP contribution is -2.09. The van der Waals surface area contributed by atoms with Crippen molar-refractivity contribution in [2.75, 3.05) is 7.11 Å². The van der Waals surface area contributed by atoms with Crippen LogP contribution in [0.2, 0.25) is 5.02 Å². The molecule has 0 bridgehead atoms. The number of carbonyl (C=O) groups excluding carboxylic acids is 1. The minimum absolute atomic E-state index is 0.152. The predicted octanol–water partition coefficient (Wildman–Crippen LogP) is 5.92. The van der Waals surface area contributed by atoms with Gasteiger partial charge in [-0.1, -0.05) is 72.3 Å². The highest BCUT2D eigenvalue weighted by molar-refractivity contribution is 6.30. The number of ether oxygens (including phenoxy) is 2. The summed E-state index contributed by atoms with van der Waals surface area (Å²) in [6, 6.07) is 23.2. The van der Waals surface area contributed by atoms with Crippen molar-refractivity contribution in [3.63, 3.8) is 0 Å². The van der Waals surface area contributed by atoms with Gasteiger partial charge < -0.3 is 9.47 Å². The minimum atomic E-state index is -0.539. The Morgan fingerprint density at radius 2 is 1.76 bits per heavy atom. The number of nitrogens with zero attached hydrogens (tertiary/aromatic N) is 1. The highest BCUT2D eigenvalue weighted by Crippen LogP contribution is 2.36. The fourth-order valence-electron chi connectivity index (χ4n) is 3.24. The second-order valence-electron chi connectivity index (χ2n) is 6.48. The Hall–Kier alpha value is -3.37. The third-order valence-electron chi connectivity index (χ3n) is 4.63. The molecule has 4 rings (SSSR count). The van der Waals surface area contributed by atoms with E-state index in [9.17, 15) is 4.79 Å². The number of fused-ring (bicyclic) bond motifs is 1. The summed E-state index contributed by atoms with van der Waals surface area (Å²) < 4.78 is 11.0. The van der Waals surface area contributed by atoms with Gasteiger partial charge in [0, 0.05) is 22.0 Å². The Morgan fingerprint density at radius 1 is 0.966 bits per heavy atom. The lowest BCUT2D eigenvalue weighted by atomic mass is 9.98. The number of carbonyl (C=O) groups is 1. The zero-order chi connectivity index (χ0) is 20.2. The van der Waals surface area contributed by atoms with E-state index in [1.807, 2.05) is 72.8 Å². The summed E-state index contributed by atoms with van der Waals surface area (Å²) in [6.07, 6.45) is 1.67. The van der Waals surface area contributed by atoms with Gasteiger partial charge in [0.25, 0.3) is 0 Å². The van der Waals surface area contributed by atoms with Crippen LogP contribution in [-0.2, 0) is 11.3 Å². The summed E-state index contributed by atoms with van der Waals surface area (Å²) in [6.45, 7) is 0.313. The summed E-state index contributed by atoms with van der Waals surface area (Å²) in [5.41, 5.74) is 3.06. The van der Waals surface area contributed by atoms with E-state index in [-0.39, 0.29) is 5.69 Å². The van der Waals surface area contributed by atoms with Crippen LogP contribution in [0.25, 0.3) is 21.9 Å². The molecule has 0 aliphatic heterocycles. The lowest BCUT2D eigenvalue weighted by molar-refractivity contribution is 0.0589. The van der Waals surface area contributed by atoms with E-state index < -0.39 is 5.97 Å². The largest absolute Gasteiger partial charge is 0.486 e. The molecule has 5 heteroatoms. The smallest absolute Gasteiger partial charge is 0.360 e. The SMILES string of the molecule is COC(=O)c1ncc2c(-c3cccc(Cl)c3)cccc2c1OCc1ccccc1. The maximum absolute atomic E-state index is 12.3. The van der Waals surface area contributed by atoms with Gasteiger partial charge in [-0.2, -0.15) is 0 Å². The van der Waals surface area contributed by atoms with Gasteiger partial charge in [0.1, 0.15) is 6.61 Å². The van der Waals surface area contributed by atoms with E-state index in [0.29, 0.717) is 17.4 Å². The summed E-state index contributed by atoms with van der Waals surface area (Å²) in [7, 11) is 1.33. The average Bonchev–Trinajstić information content (AvgIpc) is 2.77. The second-order valence-corrected chi connectivity index (χ2v) is 6.92. The molecule has 0 unspecified atom stereocenters. The molecule has 0 amide bonds. The molecule has 3 aromatic carbocycles. The Bertz CT molecular complexity index is 1180. The molecule has 0 aliphatic rings. The summed E-state index contributed by atoms with van der Waals surface area (Å²) in [5.74, 6) is -0.134. The highest BCUT2D eigenvalue weighted by atomic mass is 35.5. The lowest BCUT2D eigenvalue weighted by Gasteiger charge is -2.15. The molecule has 0 spiro atoms. The van der Waals surface area contributed by atoms with Crippen LogP contribution in [-0.4, -0.2) is 18.1 Å². The predicted molar refractivity (Wildman–Crippen MR) is 114 cm³/mol. The van der Waals surface area contributed by atoms with Gasteiger partial charge in [0.05, 0.1) is 7.11 Å². The normalized spacial score (nSPS) is 10.7. The van der Waals surface area contributed by atoms with Crippen molar-refractivity contribution in [2.24, 2.45) is 0 Å². The first-order chi connectivity index (χ1) is 14.2. The maximum atomic E-state index is 12.3. The molecule has 29 heavy (non-hydrogen) atoms. The molecule has 4 aromatic rings. The van der Waals surface area contributed by atoms with Crippen molar-refractivity contribution in [3.05, 3.63) is 95.3 Å². The van der Waals surface area contributed by atoms with Gasteiger partial charge in [0.15, 0.2) is 11.4 Å². The van der Waals surface area contributed by atoms with E-state index in [4.69, 9.17) is 21.1 Å². The van der Waals surface area contributed by atoms with Crippen molar-refractivity contribution in [3.8, 4) is 16.9 Å². The van der Waals surface area contributed by atoms with E-state index in [0.717, 1.165) is 27.5 Å². The number of rotatable bonds is 5. The van der Waals surface area contributed by atoms with Crippen LogP contribution in [0.3, 0.4) is 0 Å². The van der Waals surface area contributed by atoms with Crippen LogP contribution in [0.5, 0.6) is 5.75 Å². The molecule has 0 saturated heterocycles. The molecule has 0 atom stereocenters. The van der Waals surface area contributed by atoms with E-state index in [1.165, 1.54) is 7.11 Å². The first-order valence-electron chi connectivity index (χ1n) is 9.10. The molecule has 144 valence electrons. The summed E-state index contributed by atoms with van der Waals surface area (Å²) in [4.78, 5) is 16.7. The minimum Gasteiger partial charge on any atom is -0.486 e. The molecule has 1 aromatic heterocycles. The summed E-state index contributed by atoms with van der Waals surface area (Å²) in [5, 5.41) is 2.30. The third kappa shape index (κ3) is 3.93. The zero-order valence-corrected chi connectivity index (χ0v) is 16.5. The van der Waals surface area contributed by atoms with Gasteiger partial charge >= 0.3 is 5.97 Å². The molecular weight excluding hydrogens is 386 g/mol. The monoisotopic (exact) mass is 403 g/mol. The van der Waals surface area contributed by atoms with Crippen LogP contribution in [0.1, 0.15) is 16.1 Å². The van der Waals surface area contributed by atoms with Gasteiger partial charge in [0.2, 0.25) is 0 Å². The van der Waals surface area contributed by atoms with Crippen molar-refractivity contribution < 1.29 is 14.3 Å². The van der Waals surface area contributed by atoms with E-state index in [2.05, 4.69) is 4.98 Å². The molecule has 0 saturated carbocycles. The number of halogens is 1. The van der Waals surface area contributed by atoms with Gasteiger partial charge in [-0.15, -0.1) is 0 Å². The number of benzene rings is 3. The molecule has 4 nitrogen and oxygen atoms in total. The van der Waals surface area contributed by atoms with Gasteiger partial charge in [-0.05, 0) is 28.8 Å². The fourth-order valence-corrected chi connectivity index (χ4v) is 3.43. The molecule has 1 heterocycles. The van der Waals surface area contributed by atoms with Crippen molar-refractivity contribution >= 4 is 28.3 Å².